The van der Waals surface area contributed by atoms with Crippen LogP contribution in [0.25, 0.3) is 21.3 Å². The largest absolute Gasteiger partial charge is 0.319 e. The van der Waals surface area contributed by atoms with Gasteiger partial charge < -0.3 is 4.57 Å². The van der Waals surface area contributed by atoms with Crippen molar-refractivity contribution in [2.45, 2.75) is 4.90 Å². The molecule has 0 N–H and O–H groups in total. The number of nitrogens with zero attached hydrogens (tertiary/aromatic N) is 2. The van der Waals surface area contributed by atoms with Crippen molar-refractivity contribution in [3.63, 3.8) is 0 Å². The van der Waals surface area contributed by atoms with Gasteiger partial charge >= 0.3 is 0 Å². The number of sulfone groups is 1. The van der Waals surface area contributed by atoms with Gasteiger partial charge in [-0.3, -0.25) is 4.79 Å². The molecule has 4 aromatic rings. The summed E-state index contributed by atoms with van der Waals surface area (Å²) in [7, 11) is -1.48. The molecule has 0 saturated carbocycles. The van der Waals surface area contributed by atoms with Crippen LogP contribution in [-0.4, -0.2) is 25.1 Å². The Morgan fingerprint density at radius 3 is 2.24 bits per heavy atom. The second-order valence-electron chi connectivity index (χ2n) is 6.71. The number of thiazole rings is 1. The number of aryl methyl sites for hydroxylation is 1. The summed E-state index contributed by atoms with van der Waals surface area (Å²) in [6, 6.07) is 22.2. The van der Waals surface area contributed by atoms with Crippen molar-refractivity contribution in [3.8, 4) is 11.1 Å². The van der Waals surface area contributed by atoms with Gasteiger partial charge in [0, 0.05) is 18.9 Å². The summed E-state index contributed by atoms with van der Waals surface area (Å²) in [5, 5.41) is 0. The molecule has 0 fully saturated rings. The molecule has 0 aliphatic heterocycles. The molecule has 1 aromatic heterocycles. The van der Waals surface area contributed by atoms with E-state index < -0.39 is 9.84 Å². The maximum absolute atomic E-state index is 12.6. The highest BCUT2D eigenvalue weighted by Gasteiger charge is 2.12. The molecule has 4 rings (SSSR count). The van der Waals surface area contributed by atoms with E-state index in [0.717, 1.165) is 21.3 Å². The van der Waals surface area contributed by atoms with Gasteiger partial charge in [0.1, 0.15) is 0 Å². The van der Waals surface area contributed by atoms with Crippen LogP contribution in [0.1, 0.15) is 10.4 Å². The van der Waals surface area contributed by atoms with E-state index >= 15 is 0 Å². The highest BCUT2D eigenvalue weighted by molar-refractivity contribution is 7.90. The van der Waals surface area contributed by atoms with Gasteiger partial charge in [-0.05, 0) is 41.5 Å². The van der Waals surface area contributed by atoms with E-state index in [1.807, 2.05) is 49.5 Å². The molecule has 1 heterocycles. The molecule has 0 atom stereocenters. The maximum atomic E-state index is 12.6. The number of benzene rings is 3. The molecule has 0 unspecified atom stereocenters. The van der Waals surface area contributed by atoms with Crippen LogP contribution in [0.4, 0.5) is 0 Å². The van der Waals surface area contributed by atoms with Crippen LogP contribution < -0.4 is 4.80 Å². The number of carbonyl (C=O) groups excluding carboxylic acids is 1. The van der Waals surface area contributed by atoms with Crippen molar-refractivity contribution in [1.29, 1.82) is 0 Å². The van der Waals surface area contributed by atoms with Gasteiger partial charge in [0.25, 0.3) is 5.91 Å². The first-order valence-electron chi connectivity index (χ1n) is 8.87. The molecule has 0 radical (unpaired) electrons. The Morgan fingerprint density at radius 2 is 1.59 bits per heavy atom. The zero-order valence-corrected chi connectivity index (χ0v) is 17.5. The van der Waals surface area contributed by atoms with Gasteiger partial charge in [-0.15, -0.1) is 0 Å². The van der Waals surface area contributed by atoms with Crippen molar-refractivity contribution < 1.29 is 13.2 Å². The fourth-order valence-electron chi connectivity index (χ4n) is 3.04. The van der Waals surface area contributed by atoms with E-state index in [4.69, 9.17) is 0 Å². The maximum Gasteiger partial charge on any atom is 0.279 e. The van der Waals surface area contributed by atoms with Crippen LogP contribution in [0.2, 0.25) is 0 Å². The number of hydrogen-bond acceptors (Lipinski definition) is 4. The Morgan fingerprint density at radius 1 is 0.931 bits per heavy atom. The first-order valence-corrected chi connectivity index (χ1v) is 11.6. The van der Waals surface area contributed by atoms with Crippen LogP contribution in [-0.2, 0) is 16.9 Å². The van der Waals surface area contributed by atoms with Gasteiger partial charge in [0.05, 0.1) is 15.1 Å². The van der Waals surface area contributed by atoms with Gasteiger partial charge in [-0.25, -0.2) is 8.42 Å². The summed E-state index contributed by atoms with van der Waals surface area (Å²) in [6.45, 7) is 0. The SMILES string of the molecule is Cn1c(=NC(=O)c2ccc(-c3ccccc3)cc2)sc2cc(S(C)(=O)=O)ccc21. The summed E-state index contributed by atoms with van der Waals surface area (Å²) in [6.07, 6.45) is 1.18. The third-order valence-electron chi connectivity index (χ3n) is 4.65. The lowest BCUT2D eigenvalue weighted by molar-refractivity contribution is 0.0998. The highest BCUT2D eigenvalue weighted by Crippen LogP contribution is 2.22. The van der Waals surface area contributed by atoms with Gasteiger partial charge in [-0.2, -0.15) is 4.99 Å². The second-order valence-corrected chi connectivity index (χ2v) is 9.73. The summed E-state index contributed by atoms with van der Waals surface area (Å²) in [5.41, 5.74) is 3.44. The lowest BCUT2D eigenvalue weighted by Gasteiger charge is -2.02. The van der Waals surface area contributed by atoms with Crippen LogP contribution in [0, 0.1) is 0 Å². The summed E-state index contributed by atoms with van der Waals surface area (Å²) >= 11 is 1.29. The normalized spacial score (nSPS) is 12.4. The minimum absolute atomic E-state index is 0.251. The monoisotopic (exact) mass is 422 g/mol. The molecule has 0 spiro atoms. The lowest BCUT2D eigenvalue weighted by atomic mass is 10.0. The molecule has 0 aliphatic carbocycles. The number of hydrogen-bond donors (Lipinski definition) is 0. The molecule has 1 amide bonds. The van der Waals surface area contributed by atoms with E-state index in [-0.39, 0.29) is 10.8 Å². The number of rotatable bonds is 3. The Labute approximate surface area is 172 Å². The number of amides is 1. The average Bonchev–Trinajstić information content (AvgIpc) is 3.03. The van der Waals surface area contributed by atoms with Crippen molar-refractivity contribution >= 4 is 37.3 Å². The Kier molecular flexibility index (Phi) is 4.94. The molecule has 5 nitrogen and oxygen atoms in total. The Balaban J connectivity index is 1.69. The quantitative estimate of drug-likeness (QED) is 0.500. The average molecular weight is 423 g/mol. The second kappa shape index (κ2) is 7.42. The van der Waals surface area contributed by atoms with E-state index in [1.165, 1.54) is 17.6 Å². The van der Waals surface area contributed by atoms with Crippen LogP contribution >= 0.6 is 11.3 Å². The Hall–Kier alpha value is -3.03. The molecule has 7 heteroatoms. The molecule has 0 saturated heterocycles. The first-order chi connectivity index (χ1) is 13.8. The number of carbonyl (C=O) groups is 1. The zero-order valence-electron chi connectivity index (χ0n) is 15.9. The zero-order chi connectivity index (χ0) is 20.6. The topological polar surface area (TPSA) is 68.5 Å². The molecular formula is C22H18N2O3S2. The predicted octanol–water partition coefficient (Wildman–Crippen LogP) is 4.05. The van der Waals surface area contributed by atoms with Crippen LogP contribution in [0.15, 0.2) is 82.7 Å². The molecule has 0 aliphatic rings. The van der Waals surface area contributed by atoms with Crippen LogP contribution in [0.5, 0.6) is 0 Å². The van der Waals surface area contributed by atoms with Crippen molar-refractivity contribution in [2.75, 3.05) is 6.26 Å². The fraction of sp³-hybridized carbons (Fsp3) is 0.0909. The molecule has 3 aromatic carbocycles. The van der Waals surface area contributed by atoms with E-state index in [0.29, 0.717) is 10.4 Å². The molecular weight excluding hydrogens is 404 g/mol. The standard InChI is InChI=1S/C22H18N2O3S2/c1-24-19-13-12-18(29(2,26)27)14-20(19)28-22(24)23-21(25)17-10-8-16(9-11-17)15-6-4-3-5-7-15/h3-14H,1-2H3. The van der Waals surface area contributed by atoms with Gasteiger partial charge in [0.2, 0.25) is 0 Å². The summed E-state index contributed by atoms with van der Waals surface area (Å²) in [4.78, 5) is 17.7. The van der Waals surface area contributed by atoms with Gasteiger partial charge in [-0.1, -0.05) is 53.8 Å². The minimum atomic E-state index is -3.29. The number of aromatic nitrogens is 1. The predicted molar refractivity (Wildman–Crippen MR) is 116 cm³/mol. The first kappa shape index (κ1) is 19.3. The van der Waals surface area contributed by atoms with E-state index in [2.05, 4.69) is 4.99 Å². The molecule has 29 heavy (non-hydrogen) atoms. The molecule has 146 valence electrons. The van der Waals surface area contributed by atoms with Crippen molar-refractivity contribution in [1.82, 2.24) is 4.57 Å². The van der Waals surface area contributed by atoms with Gasteiger partial charge in [0.15, 0.2) is 14.6 Å². The van der Waals surface area contributed by atoms with E-state index in [9.17, 15) is 13.2 Å². The summed E-state index contributed by atoms with van der Waals surface area (Å²) in [5.74, 6) is -0.338. The highest BCUT2D eigenvalue weighted by atomic mass is 32.2. The molecule has 0 bridgehead atoms. The van der Waals surface area contributed by atoms with E-state index in [1.54, 1.807) is 34.9 Å². The smallest absolute Gasteiger partial charge is 0.279 e. The third kappa shape index (κ3) is 3.92. The summed E-state index contributed by atoms with van der Waals surface area (Å²) < 4.78 is 26.1. The lowest BCUT2D eigenvalue weighted by Crippen LogP contribution is -2.13. The van der Waals surface area contributed by atoms with Crippen molar-refractivity contribution in [3.05, 3.63) is 83.2 Å². The number of fused-ring (bicyclic) bond motifs is 1. The Bertz CT molecular complexity index is 1380. The van der Waals surface area contributed by atoms with Crippen LogP contribution in [0.3, 0.4) is 0 Å². The van der Waals surface area contributed by atoms with Crippen molar-refractivity contribution in [2.24, 2.45) is 12.0 Å². The minimum Gasteiger partial charge on any atom is -0.319 e. The third-order valence-corrected chi connectivity index (χ3v) is 6.85. The fourth-order valence-corrected chi connectivity index (χ4v) is 4.82.